The largest absolute Gasteiger partial charge is 0.350 e. The third-order valence-corrected chi connectivity index (χ3v) is 6.04. The van der Waals surface area contributed by atoms with Gasteiger partial charge in [0.15, 0.2) is 0 Å². The van der Waals surface area contributed by atoms with E-state index in [0.717, 1.165) is 69.2 Å². The number of rotatable bonds is 5. The van der Waals surface area contributed by atoms with Crippen molar-refractivity contribution in [2.24, 2.45) is 5.92 Å². The van der Waals surface area contributed by atoms with Crippen molar-refractivity contribution in [1.82, 2.24) is 25.2 Å². The van der Waals surface area contributed by atoms with Gasteiger partial charge in [0.2, 0.25) is 11.9 Å². The van der Waals surface area contributed by atoms with Crippen molar-refractivity contribution in [3.63, 3.8) is 0 Å². The molecule has 1 unspecified atom stereocenters. The normalized spacial score (nSPS) is 21.1. The highest BCUT2D eigenvalue weighted by atomic mass is 16.1. The van der Waals surface area contributed by atoms with Crippen molar-refractivity contribution in [1.29, 1.82) is 0 Å². The smallest absolute Gasteiger partial charge is 0.225 e. The summed E-state index contributed by atoms with van der Waals surface area (Å²) in [7, 11) is 0. The SMILES string of the molecule is Cc1ccnc(N2CCC(N3CCCC(C(=O)NCc4ccccn4)C3)CC2)n1. The molecule has 0 aliphatic carbocycles. The van der Waals surface area contributed by atoms with E-state index in [-0.39, 0.29) is 11.8 Å². The summed E-state index contributed by atoms with van der Waals surface area (Å²) >= 11 is 0. The fourth-order valence-corrected chi connectivity index (χ4v) is 4.40. The van der Waals surface area contributed by atoms with Gasteiger partial charge < -0.3 is 10.2 Å². The summed E-state index contributed by atoms with van der Waals surface area (Å²) in [6.07, 6.45) is 7.85. The molecule has 0 spiro atoms. The Hall–Kier alpha value is -2.54. The van der Waals surface area contributed by atoms with Crippen LogP contribution in [0.15, 0.2) is 36.7 Å². The molecule has 4 heterocycles. The summed E-state index contributed by atoms with van der Waals surface area (Å²) < 4.78 is 0. The number of aromatic nitrogens is 3. The quantitative estimate of drug-likeness (QED) is 0.838. The molecule has 1 atom stereocenters. The van der Waals surface area contributed by atoms with Crippen LogP contribution < -0.4 is 10.2 Å². The van der Waals surface area contributed by atoms with Gasteiger partial charge in [-0.1, -0.05) is 6.07 Å². The van der Waals surface area contributed by atoms with Gasteiger partial charge in [-0.05, 0) is 57.4 Å². The first-order valence-electron chi connectivity index (χ1n) is 10.7. The molecule has 2 aromatic heterocycles. The minimum atomic E-state index is 0.0746. The van der Waals surface area contributed by atoms with Crippen molar-refractivity contribution < 1.29 is 4.79 Å². The van der Waals surface area contributed by atoms with E-state index < -0.39 is 0 Å². The van der Waals surface area contributed by atoms with Crippen LogP contribution in [0.2, 0.25) is 0 Å². The van der Waals surface area contributed by atoms with Gasteiger partial charge in [-0.15, -0.1) is 0 Å². The van der Waals surface area contributed by atoms with Crippen molar-refractivity contribution in [2.75, 3.05) is 31.1 Å². The van der Waals surface area contributed by atoms with Crippen LogP contribution in [0.5, 0.6) is 0 Å². The van der Waals surface area contributed by atoms with Gasteiger partial charge in [-0.25, -0.2) is 9.97 Å². The molecule has 154 valence electrons. The Labute approximate surface area is 172 Å². The molecule has 2 saturated heterocycles. The van der Waals surface area contributed by atoms with Gasteiger partial charge in [-0.2, -0.15) is 0 Å². The average molecular weight is 395 g/mol. The molecule has 4 rings (SSSR count). The van der Waals surface area contributed by atoms with Gasteiger partial charge in [0.05, 0.1) is 18.2 Å². The fraction of sp³-hybridized carbons (Fsp3) is 0.545. The maximum atomic E-state index is 12.7. The third-order valence-electron chi connectivity index (χ3n) is 6.04. The highest BCUT2D eigenvalue weighted by Gasteiger charge is 2.32. The van der Waals surface area contributed by atoms with Gasteiger partial charge in [0.25, 0.3) is 0 Å². The molecule has 0 radical (unpaired) electrons. The second kappa shape index (κ2) is 9.31. The van der Waals surface area contributed by atoms with E-state index >= 15 is 0 Å². The second-order valence-corrected chi connectivity index (χ2v) is 8.09. The van der Waals surface area contributed by atoms with E-state index in [0.29, 0.717) is 12.6 Å². The Balaban J connectivity index is 1.27. The maximum absolute atomic E-state index is 12.7. The first kappa shape index (κ1) is 19.8. The van der Waals surface area contributed by atoms with E-state index in [2.05, 4.69) is 30.1 Å². The van der Waals surface area contributed by atoms with Crippen molar-refractivity contribution >= 4 is 11.9 Å². The number of carbonyl (C=O) groups excluding carboxylic acids is 1. The number of hydrogen-bond donors (Lipinski definition) is 1. The Kier molecular flexibility index (Phi) is 6.34. The Morgan fingerprint density at radius 3 is 2.72 bits per heavy atom. The summed E-state index contributed by atoms with van der Waals surface area (Å²) in [4.78, 5) is 30.8. The molecule has 0 bridgehead atoms. The Morgan fingerprint density at radius 2 is 1.97 bits per heavy atom. The first-order valence-corrected chi connectivity index (χ1v) is 10.7. The molecule has 2 aromatic rings. The Bertz CT molecular complexity index is 806. The number of piperidine rings is 2. The van der Waals surface area contributed by atoms with Crippen LogP contribution in [0.25, 0.3) is 0 Å². The zero-order chi connectivity index (χ0) is 20.1. The number of pyridine rings is 1. The van der Waals surface area contributed by atoms with Crippen LogP contribution in [-0.4, -0.2) is 58.0 Å². The molecular formula is C22H30N6O. The molecule has 0 saturated carbocycles. The molecule has 2 fully saturated rings. The molecule has 2 aliphatic heterocycles. The van der Waals surface area contributed by atoms with E-state index in [1.807, 2.05) is 37.4 Å². The number of carbonyl (C=O) groups is 1. The monoisotopic (exact) mass is 394 g/mol. The summed E-state index contributed by atoms with van der Waals surface area (Å²) in [5, 5.41) is 3.07. The van der Waals surface area contributed by atoms with Crippen LogP contribution in [0, 0.1) is 12.8 Å². The number of nitrogens with zero attached hydrogens (tertiary/aromatic N) is 5. The highest BCUT2D eigenvalue weighted by Crippen LogP contribution is 2.25. The summed E-state index contributed by atoms with van der Waals surface area (Å²) in [6.45, 7) is 6.41. The lowest BCUT2D eigenvalue weighted by Crippen LogP contribution is -2.51. The number of nitrogens with one attached hydrogen (secondary N) is 1. The third kappa shape index (κ3) is 5.09. The number of anilines is 1. The second-order valence-electron chi connectivity index (χ2n) is 8.09. The number of aryl methyl sites for hydroxylation is 1. The molecule has 7 heteroatoms. The number of likely N-dealkylation sites (tertiary alicyclic amines) is 1. The summed E-state index contributed by atoms with van der Waals surface area (Å²) in [5.74, 6) is 1.07. The first-order chi connectivity index (χ1) is 14.2. The van der Waals surface area contributed by atoms with Gasteiger partial charge in [-0.3, -0.25) is 14.7 Å². The fourth-order valence-electron chi connectivity index (χ4n) is 4.40. The van der Waals surface area contributed by atoms with Gasteiger partial charge in [0, 0.05) is 43.8 Å². The molecule has 7 nitrogen and oxygen atoms in total. The molecule has 1 N–H and O–H groups in total. The molecule has 0 aromatic carbocycles. The lowest BCUT2D eigenvalue weighted by atomic mass is 9.93. The minimum Gasteiger partial charge on any atom is -0.350 e. The van der Waals surface area contributed by atoms with Crippen LogP contribution in [0.3, 0.4) is 0 Å². The van der Waals surface area contributed by atoms with Crippen molar-refractivity contribution in [2.45, 2.75) is 45.2 Å². The lowest BCUT2D eigenvalue weighted by molar-refractivity contribution is -0.127. The maximum Gasteiger partial charge on any atom is 0.225 e. The molecule has 2 aliphatic rings. The number of amides is 1. The van der Waals surface area contributed by atoms with Crippen LogP contribution in [0.1, 0.15) is 37.1 Å². The topological polar surface area (TPSA) is 74.2 Å². The highest BCUT2D eigenvalue weighted by molar-refractivity contribution is 5.78. The average Bonchev–Trinajstić information content (AvgIpc) is 2.78. The van der Waals surface area contributed by atoms with Crippen LogP contribution >= 0.6 is 0 Å². The summed E-state index contributed by atoms with van der Waals surface area (Å²) in [6, 6.07) is 8.26. The van der Waals surface area contributed by atoms with Crippen LogP contribution in [-0.2, 0) is 11.3 Å². The van der Waals surface area contributed by atoms with Gasteiger partial charge >= 0.3 is 0 Å². The minimum absolute atomic E-state index is 0.0746. The predicted octanol–water partition coefficient (Wildman–Crippen LogP) is 2.18. The van der Waals surface area contributed by atoms with E-state index in [1.54, 1.807) is 6.20 Å². The van der Waals surface area contributed by atoms with Crippen molar-refractivity contribution in [3.05, 3.63) is 48.0 Å². The zero-order valence-corrected chi connectivity index (χ0v) is 17.1. The standard InChI is InChI=1S/C22H30N6O/c1-17-7-11-24-22(26-17)27-13-8-20(9-14-27)28-12-4-5-18(16-28)21(29)25-15-19-6-2-3-10-23-19/h2-3,6-7,10-11,18,20H,4-5,8-9,12-16H2,1H3,(H,25,29). The van der Waals surface area contributed by atoms with E-state index in [9.17, 15) is 4.79 Å². The van der Waals surface area contributed by atoms with E-state index in [1.165, 1.54) is 0 Å². The summed E-state index contributed by atoms with van der Waals surface area (Å²) in [5.41, 5.74) is 1.91. The van der Waals surface area contributed by atoms with E-state index in [4.69, 9.17) is 0 Å². The molecular weight excluding hydrogens is 364 g/mol. The van der Waals surface area contributed by atoms with Gasteiger partial charge in [0.1, 0.15) is 0 Å². The molecule has 1 amide bonds. The Morgan fingerprint density at radius 1 is 1.10 bits per heavy atom. The van der Waals surface area contributed by atoms with Crippen LogP contribution in [0.4, 0.5) is 5.95 Å². The molecule has 29 heavy (non-hydrogen) atoms. The van der Waals surface area contributed by atoms with Crippen molar-refractivity contribution in [3.8, 4) is 0 Å². The lowest BCUT2D eigenvalue weighted by Gasteiger charge is -2.42. The zero-order valence-electron chi connectivity index (χ0n) is 17.1. The predicted molar refractivity (Wildman–Crippen MR) is 112 cm³/mol. The number of hydrogen-bond acceptors (Lipinski definition) is 6.